The Morgan fingerprint density at radius 1 is 1.27 bits per heavy atom. The zero-order chi connectivity index (χ0) is 11.3. The van der Waals surface area contributed by atoms with Gasteiger partial charge in [0, 0.05) is 11.8 Å². The normalized spacial score (nSPS) is 14.6. The van der Waals surface area contributed by atoms with Crippen LogP contribution in [0.3, 0.4) is 0 Å². The molecule has 0 aliphatic heterocycles. The predicted molar refractivity (Wildman–Crippen MR) is 64.7 cm³/mol. The summed E-state index contributed by atoms with van der Waals surface area (Å²) in [5, 5.41) is 0. The fourth-order valence-corrected chi connectivity index (χ4v) is 1.87. The van der Waals surface area contributed by atoms with Gasteiger partial charge in [-0.15, -0.1) is 0 Å². The van der Waals surface area contributed by atoms with Gasteiger partial charge in [-0.3, -0.25) is 0 Å². The van der Waals surface area contributed by atoms with Gasteiger partial charge in [0.15, 0.2) is 0 Å². The fraction of sp³-hybridized carbons (Fsp3) is 0.500. The van der Waals surface area contributed by atoms with Crippen LogP contribution in [0, 0.1) is 12.5 Å². The quantitative estimate of drug-likeness (QED) is 0.650. The smallest absolute Gasteiger partial charge is 0.215 e. The average Bonchev–Trinajstić information content (AvgIpc) is 2.27. The molecule has 0 spiro atoms. The van der Waals surface area contributed by atoms with Crippen molar-refractivity contribution < 1.29 is 0 Å². The molecule has 0 bridgehead atoms. The first-order valence-electron chi connectivity index (χ1n) is 5.50. The lowest BCUT2D eigenvalue weighted by molar-refractivity contribution is 0.324. The standard InChI is InChI=1S/C14H19N/c1-12(2)14(3,10-11-15-4)13-8-6-5-7-9-13/h5-9,12H,10-11H2,1-3H3. The average molecular weight is 201 g/mol. The van der Waals surface area contributed by atoms with E-state index < -0.39 is 0 Å². The molecule has 0 heterocycles. The van der Waals surface area contributed by atoms with Crippen LogP contribution in [-0.2, 0) is 5.41 Å². The van der Waals surface area contributed by atoms with E-state index in [1.54, 1.807) is 0 Å². The highest BCUT2D eigenvalue weighted by Crippen LogP contribution is 2.35. The maximum Gasteiger partial charge on any atom is 0.215 e. The second-order valence-corrected chi connectivity index (χ2v) is 4.57. The Morgan fingerprint density at radius 2 is 1.87 bits per heavy atom. The Balaban J connectivity index is 2.97. The third-order valence-electron chi connectivity index (χ3n) is 3.45. The van der Waals surface area contributed by atoms with Gasteiger partial charge in [-0.05, 0) is 11.5 Å². The van der Waals surface area contributed by atoms with E-state index in [4.69, 9.17) is 6.57 Å². The first-order valence-corrected chi connectivity index (χ1v) is 5.50. The highest BCUT2D eigenvalue weighted by atomic mass is 14.6. The van der Waals surface area contributed by atoms with E-state index >= 15 is 0 Å². The summed E-state index contributed by atoms with van der Waals surface area (Å²) in [4.78, 5) is 3.48. The van der Waals surface area contributed by atoms with Crippen LogP contribution < -0.4 is 0 Å². The van der Waals surface area contributed by atoms with Gasteiger partial charge >= 0.3 is 0 Å². The van der Waals surface area contributed by atoms with Gasteiger partial charge in [-0.25, -0.2) is 6.57 Å². The van der Waals surface area contributed by atoms with Gasteiger partial charge in [0.25, 0.3) is 0 Å². The van der Waals surface area contributed by atoms with Crippen molar-refractivity contribution >= 4 is 0 Å². The summed E-state index contributed by atoms with van der Waals surface area (Å²) in [6, 6.07) is 10.5. The SMILES string of the molecule is [C-]#[N+]CCC(C)(c1ccccc1)C(C)C. The van der Waals surface area contributed by atoms with Crippen molar-refractivity contribution in [2.24, 2.45) is 5.92 Å². The molecule has 1 unspecified atom stereocenters. The number of nitrogens with zero attached hydrogens (tertiary/aromatic N) is 1. The van der Waals surface area contributed by atoms with Crippen LogP contribution in [0.15, 0.2) is 30.3 Å². The summed E-state index contributed by atoms with van der Waals surface area (Å²) in [6.07, 6.45) is 0.943. The van der Waals surface area contributed by atoms with Crippen LogP contribution >= 0.6 is 0 Å². The van der Waals surface area contributed by atoms with Gasteiger partial charge in [0.2, 0.25) is 6.54 Å². The summed E-state index contributed by atoms with van der Waals surface area (Å²) in [6.45, 7) is 14.3. The second kappa shape index (κ2) is 4.98. The molecule has 0 aromatic heterocycles. The highest BCUT2D eigenvalue weighted by molar-refractivity contribution is 5.25. The number of hydrogen-bond acceptors (Lipinski definition) is 0. The third kappa shape index (κ3) is 2.59. The molecule has 0 saturated carbocycles. The Labute approximate surface area is 93.0 Å². The molecule has 80 valence electrons. The van der Waals surface area contributed by atoms with E-state index in [0.29, 0.717) is 12.5 Å². The predicted octanol–water partition coefficient (Wildman–Crippen LogP) is 3.91. The maximum atomic E-state index is 6.91. The van der Waals surface area contributed by atoms with E-state index in [9.17, 15) is 0 Å². The minimum absolute atomic E-state index is 0.131. The van der Waals surface area contributed by atoms with Crippen molar-refractivity contribution in [2.75, 3.05) is 6.54 Å². The van der Waals surface area contributed by atoms with Crippen molar-refractivity contribution in [1.29, 1.82) is 0 Å². The van der Waals surface area contributed by atoms with E-state index in [1.807, 2.05) is 6.07 Å². The van der Waals surface area contributed by atoms with E-state index in [2.05, 4.69) is 49.9 Å². The van der Waals surface area contributed by atoms with Crippen LogP contribution in [0.4, 0.5) is 0 Å². The third-order valence-corrected chi connectivity index (χ3v) is 3.45. The van der Waals surface area contributed by atoms with Crippen molar-refractivity contribution in [3.63, 3.8) is 0 Å². The van der Waals surface area contributed by atoms with Crippen molar-refractivity contribution in [3.8, 4) is 0 Å². The summed E-state index contributed by atoms with van der Waals surface area (Å²) in [5.41, 5.74) is 1.48. The van der Waals surface area contributed by atoms with Gasteiger partial charge < -0.3 is 4.85 Å². The number of hydrogen-bond donors (Lipinski definition) is 0. The van der Waals surface area contributed by atoms with Crippen LogP contribution in [0.5, 0.6) is 0 Å². The molecule has 1 rings (SSSR count). The molecule has 0 saturated heterocycles. The van der Waals surface area contributed by atoms with Gasteiger partial charge in [0.05, 0.1) is 0 Å². The van der Waals surface area contributed by atoms with Gasteiger partial charge in [-0.2, -0.15) is 0 Å². The second-order valence-electron chi connectivity index (χ2n) is 4.57. The Bertz CT molecular complexity index is 334. The molecule has 1 atom stereocenters. The fourth-order valence-electron chi connectivity index (χ4n) is 1.87. The first-order chi connectivity index (χ1) is 7.11. The molecule has 1 heteroatoms. The molecule has 0 N–H and O–H groups in total. The minimum Gasteiger partial charge on any atom is -0.317 e. The molecule has 0 aliphatic carbocycles. The molecule has 15 heavy (non-hydrogen) atoms. The monoisotopic (exact) mass is 201 g/mol. The van der Waals surface area contributed by atoms with Gasteiger partial charge in [0.1, 0.15) is 0 Å². The molecule has 1 aromatic rings. The van der Waals surface area contributed by atoms with Crippen LogP contribution in [-0.4, -0.2) is 6.54 Å². The molecule has 0 radical (unpaired) electrons. The summed E-state index contributed by atoms with van der Waals surface area (Å²) in [7, 11) is 0. The molecule has 1 nitrogen and oxygen atoms in total. The lowest BCUT2D eigenvalue weighted by atomic mass is 9.71. The molecular weight excluding hydrogens is 182 g/mol. The zero-order valence-corrected chi connectivity index (χ0v) is 9.83. The van der Waals surface area contributed by atoms with Crippen molar-refractivity contribution in [2.45, 2.75) is 32.6 Å². The Kier molecular flexibility index (Phi) is 3.91. The number of rotatable bonds is 4. The van der Waals surface area contributed by atoms with Crippen LogP contribution in [0.2, 0.25) is 0 Å². The summed E-state index contributed by atoms with van der Waals surface area (Å²) >= 11 is 0. The molecule has 0 aliphatic rings. The molecule has 0 fully saturated rings. The summed E-state index contributed by atoms with van der Waals surface area (Å²) in [5.74, 6) is 0.557. The Morgan fingerprint density at radius 3 is 2.33 bits per heavy atom. The first kappa shape index (κ1) is 11.8. The van der Waals surface area contributed by atoms with Crippen LogP contribution in [0.25, 0.3) is 4.85 Å². The van der Waals surface area contributed by atoms with E-state index in [-0.39, 0.29) is 5.41 Å². The van der Waals surface area contributed by atoms with Crippen LogP contribution in [0.1, 0.15) is 32.8 Å². The molecule has 1 aromatic carbocycles. The number of benzene rings is 1. The molecule has 0 amide bonds. The molecular formula is C14H19N. The van der Waals surface area contributed by atoms with Crippen molar-refractivity contribution in [1.82, 2.24) is 0 Å². The topological polar surface area (TPSA) is 4.36 Å². The lowest BCUT2D eigenvalue weighted by Gasteiger charge is -2.32. The highest BCUT2D eigenvalue weighted by Gasteiger charge is 2.30. The lowest BCUT2D eigenvalue weighted by Crippen LogP contribution is -2.29. The minimum atomic E-state index is 0.131. The van der Waals surface area contributed by atoms with E-state index in [1.165, 1.54) is 5.56 Å². The Hall–Kier alpha value is -1.29. The maximum absolute atomic E-state index is 6.91. The summed E-state index contributed by atoms with van der Waals surface area (Å²) < 4.78 is 0. The van der Waals surface area contributed by atoms with Crippen molar-refractivity contribution in [3.05, 3.63) is 47.3 Å². The zero-order valence-electron chi connectivity index (χ0n) is 9.83. The van der Waals surface area contributed by atoms with Gasteiger partial charge in [-0.1, -0.05) is 51.1 Å². The van der Waals surface area contributed by atoms with E-state index in [0.717, 1.165) is 6.42 Å². The largest absolute Gasteiger partial charge is 0.317 e.